The van der Waals surface area contributed by atoms with Gasteiger partial charge in [0.25, 0.3) is 0 Å². The normalized spacial score (nSPS) is 16.9. The summed E-state index contributed by atoms with van der Waals surface area (Å²) in [6.45, 7) is 5.78. The number of amides is 2. The Morgan fingerprint density at radius 1 is 1.24 bits per heavy atom. The van der Waals surface area contributed by atoms with Crippen LogP contribution in [0.2, 0.25) is 0 Å². The van der Waals surface area contributed by atoms with Crippen LogP contribution in [0.15, 0.2) is 0 Å². The van der Waals surface area contributed by atoms with Crippen molar-refractivity contribution in [1.82, 2.24) is 15.1 Å². The smallest absolute Gasteiger partial charge is 0.311 e. The Morgan fingerprint density at radius 3 is 2.41 bits per heavy atom. The third kappa shape index (κ3) is 4.32. The zero-order valence-corrected chi connectivity index (χ0v) is 10.3. The Labute approximate surface area is 102 Å². The molecule has 2 amide bonds. The largest absolute Gasteiger partial charge is 0.395 e. The number of aliphatic hydroxyl groups excluding tert-OH is 1. The van der Waals surface area contributed by atoms with Crippen molar-refractivity contribution in [2.75, 3.05) is 45.9 Å². The van der Waals surface area contributed by atoms with Crippen LogP contribution in [0.4, 0.5) is 0 Å². The van der Waals surface area contributed by atoms with Gasteiger partial charge < -0.3 is 15.3 Å². The average Bonchev–Trinajstić information content (AvgIpc) is 2.36. The quantitative estimate of drug-likeness (QED) is 0.599. The summed E-state index contributed by atoms with van der Waals surface area (Å²) in [5, 5.41) is 11.4. The second kappa shape index (κ2) is 7.24. The van der Waals surface area contributed by atoms with Gasteiger partial charge in [-0.05, 0) is 6.42 Å². The van der Waals surface area contributed by atoms with E-state index in [4.69, 9.17) is 5.11 Å². The van der Waals surface area contributed by atoms with E-state index >= 15 is 0 Å². The number of aliphatic hydroxyl groups is 1. The first-order chi connectivity index (χ1) is 8.19. The molecule has 0 atom stereocenters. The highest BCUT2D eigenvalue weighted by Crippen LogP contribution is 2.01. The van der Waals surface area contributed by atoms with Crippen LogP contribution in [-0.2, 0) is 9.59 Å². The molecule has 1 heterocycles. The lowest BCUT2D eigenvalue weighted by Crippen LogP contribution is -2.53. The summed E-state index contributed by atoms with van der Waals surface area (Å²) in [7, 11) is 0. The van der Waals surface area contributed by atoms with Gasteiger partial charge in [-0.15, -0.1) is 0 Å². The molecule has 1 rings (SSSR count). The minimum Gasteiger partial charge on any atom is -0.395 e. The first kappa shape index (κ1) is 13.9. The van der Waals surface area contributed by atoms with Crippen molar-refractivity contribution in [2.45, 2.75) is 13.3 Å². The second-order valence-electron chi connectivity index (χ2n) is 4.11. The lowest BCUT2D eigenvalue weighted by Gasteiger charge is -2.33. The van der Waals surface area contributed by atoms with Gasteiger partial charge >= 0.3 is 11.8 Å². The Balaban J connectivity index is 2.32. The van der Waals surface area contributed by atoms with Gasteiger partial charge in [0.15, 0.2) is 0 Å². The molecule has 0 unspecified atom stereocenters. The lowest BCUT2D eigenvalue weighted by atomic mass is 10.3. The predicted octanol–water partition coefficient (Wildman–Crippen LogP) is -1.35. The average molecular weight is 243 g/mol. The van der Waals surface area contributed by atoms with Crippen molar-refractivity contribution < 1.29 is 14.7 Å². The number of nitrogens with one attached hydrogen (secondary N) is 1. The van der Waals surface area contributed by atoms with E-state index in [1.54, 1.807) is 4.90 Å². The molecule has 0 aromatic carbocycles. The van der Waals surface area contributed by atoms with Crippen LogP contribution >= 0.6 is 0 Å². The highest BCUT2D eigenvalue weighted by atomic mass is 16.3. The molecule has 0 bridgehead atoms. The van der Waals surface area contributed by atoms with Crippen molar-refractivity contribution in [2.24, 2.45) is 0 Å². The Morgan fingerprint density at radius 2 is 1.88 bits per heavy atom. The standard InChI is InChI=1S/C11H21N3O3/c1-2-3-12-10(16)11(17)14-6-4-13(5-7-14)8-9-15/h15H,2-9H2,1H3,(H,12,16). The third-order valence-corrected chi connectivity index (χ3v) is 2.81. The lowest BCUT2D eigenvalue weighted by molar-refractivity contribution is -0.147. The topological polar surface area (TPSA) is 72.9 Å². The van der Waals surface area contributed by atoms with E-state index in [1.807, 2.05) is 6.92 Å². The maximum atomic E-state index is 11.7. The molecule has 0 aromatic heterocycles. The molecule has 0 aromatic rings. The molecule has 1 aliphatic heterocycles. The molecule has 1 fully saturated rings. The van der Waals surface area contributed by atoms with Crippen LogP contribution in [0.3, 0.4) is 0 Å². The zero-order valence-electron chi connectivity index (χ0n) is 10.3. The van der Waals surface area contributed by atoms with E-state index in [-0.39, 0.29) is 6.61 Å². The summed E-state index contributed by atoms with van der Waals surface area (Å²) in [5.74, 6) is -0.954. The predicted molar refractivity (Wildman–Crippen MR) is 63.4 cm³/mol. The Bertz CT molecular complexity index is 263. The number of β-amino-alcohol motifs (C(OH)–C–C–N with tert-alkyl or cyclic N) is 1. The minimum atomic E-state index is -0.512. The summed E-state index contributed by atoms with van der Waals surface area (Å²) in [4.78, 5) is 26.8. The number of hydrogen-bond acceptors (Lipinski definition) is 4. The first-order valence-corrected chi connectivity index (χ1v) is 6.09. The van der Waals surface area contributed by atoms with Crippen molar-refractivity contribution in [3.63, 3.8) is 0 Å². The minimum absolute atomic E-state index is 0.130. The fourth-order valence-corrected chi connectivity index (χ4v) is 1.77. The Kier molecular flexibility index (Phi) is 5.93. The highest BCUT2D eigenvalue weighted by Gasteiger charge is 2.25. The van der Waals surface area contributed by atoms with Crippen molar-refractivity contribution in [3.05, 3.63) is 0 Å². The van der Waals surface area contributed by atoms with Gasteiger partial charge in [-0.25, -0.2) is 0 Å². The zero-order chi connectivity index (χ0) is 12.7. The molecule has 0 saturated carbocycles. The Hall–Kier alpha value is -1.14. The van der Waals surface area contributed by atoms with Crippen LogP contribution in [0.5, 0.6) is 0 Å². The van der Waals surface area contributed by atoms with E-state index < -0.39 is 11.8 Å². The number of rotatable bonds is 4. The third-order valence-electron chi connectivity index (χ3n) is 2.81. The van der Waals surface area contributed by atoms with Gasteiger partial charge in [0.2, 0.25) is 0 Å². The van der Waals surface area contributed by atoms with Gasteiger partial charge in [-0.3, -0.25) is 14.5 Å². The van der Waals surface area contributed by atoms with E-state index in [2.05, 4.69) is 10.2 Å². The van der Waals surface area contributed by atoms with E-state index in [0.717, 1.165) is 6.42 Å². The van der Waals surface area contributed by atoms with Crippen molar-refractivity contribution in [3.8, 4) is 0 Å². The number of nitrogens with zero attached hydrogens (tertiary/aromatic N) is 2. The van der Waals surface area contributed by atoms with Gasteiger partial charge in [-0.1, -0.05) is 6.92 Å². The fraction of sp³-hybridized carbons (Fsp3) is 0.818. The summed E-state index contributed by atoms with van der Waals surface area (Å²) in [6.07, 6.45) is 0.823. The molecule has 0 spiro atoms. The van der Waals surface area contributed by atoms with Gasteiger partial charge in [0, 0.05) is 39.3 Å². The van der Waals surface area contributed by atoms with Crippen LogP contribution in [-0.4, -0.2) is 72.6 Å². The number of carbonyl (C=O) groups is 2. The van der Waals surface area contributed by atoms with E-state index in [0.29, 0.717) is 39.3 Å². The molecule has 98 valence electrons. The summed E-state index contributed by atoms with van der Waals surface area (Å²) >= 11 is 0. The highest BCUT2D eigenvalue weighted by molar-refractivity contribution is 6.35. The molecule has 0 aliphatic carbocycles. The summed E-state index contributed by atoms with van der Waals surface area (Å²) in [6, 6.07) is 0. The molecule has 2 N–H and O–H groups in total. The number of carbonyl (C=O) groups excluding carboxylic acids is 2. The first-order valence-electron chi connectivity index (χ1n) is 6.09. The van der Waals surface area contributed by atoms with Gasteiger partial charge in [0.05, 0.1) is 6.61 Å². The molecule has 6 heteroatoms. The molecular weight excluding hydrogens is 222 g/mol. The summed E-state index contributed by atoms with van der Waals surface area (Å²) < 4.78 is 0. The number of piperazine rings is 1. The monoisotopic (exact) mass is 243 g/mol. The van der Waals surface area contributed by atoms with Gasteiger partial charge in [-0.2, -0.15) is 0 Å². The molecule has 1 saturated heterocycles. The maximum Gasteiger partial charge on any atom is 0.311 e. The SMILES string of the molecule is CCCNC(=O)C(=O)N1CCN(CCO)CC1. The molecule has 0 radical (unpaired) electrons. The molecule has 1 aliphatic rings. The van der Waals surface area contributed by atoms with Crippen LogP contribution in [0, 0.1) is 0 Å². The van der Waals surface area contributed by atoms with Crippen molar-refractivity contribution in [1.29, 1.82) is 0 Å². The maximum absolute atomic E-state index is 11.7. The van der Waals surface area contributed by atoms with Gasteiger partial charge in [0.1, 0.15) is 0 Å². The van der Waals surface area contributed by atoms with Crippen LogP contribution < -0.4 is 5.32 Å². The fourth-order valence-electron chi connectivity index (χ4n) is 1.77. The van der Waals surface area contributed by atoms with E-state index in [9.17, 15) is 9.59 Å². The molecule has 6 nitrogen and oxygen atoms in total. The van der Waals surface area contributed by atoms with E-state index in [1.165, 1.54) is 0 Å². The van der Waals surface area contributed by atoms with Crippen LogP contribution in [0.1, 0.15) is 13.3 Å². The molecular formula is C11H21N3O3. The van der Waals surface area contributed by atoms with Crippen LogP contribution in [0.25, 0.3) is 0 Å². The summed E-state index contributed by atoms with van der Waals surface area (Å²) in [5.41, 5.74) is 0. The molecule has 17 heavy (non-hydrogen) atoms. The number of hydrogen-bond donors (Lipinski definition) is 2. The second-order valence-corrected chi connectivity index (χ2v) is 4.11. The van der Waals surface area contributed by atoms with Crippen molar-refractivity contribution >= 4 is 11.8 Å².